The van der Waals surface area contributed by atoms with Crippen LogP contribution in [0.1, 0.15) is 162 Å². The Kier molecular flexibility index (Phi) is 22.9. The van der Waals surface area contributed by atoms with Crippen molar-refractivity contribution in [2.75, 3.05) is 26.7 Å². The van der Waals surface area contributed by atoms with E-state index in [1.165, 1.54) is 114 Å². The predicted octanol–water partition coefficient (Wildman–Crippen LogP) is 7.13. The zero-order valence-corrected chi connectivity index (χ0v) is 31.3. The molecule has 1 aromatic rings. The molecule has 250 valence electrons. The number of carbonyl (C=O) groups is 1. The van der Waals surface area contributed by atoms with E-state index >= 15 is 0 Å². The van der Waals surface area contributed by atoms with Crippen molar-refractivity contribution >= 4 is 23.3 Å². The van der Waals surface area contributed by atoms with Gasteiger partial charge in [-0.1, -0.05) is 130 Å². The van der Waals surface area contributed by atoms with Crippen molar-refractivity contribution in [2.24, 2.45) is 5.92 Å². The summed E-state index contributed by atoms with van der Waals surface area (Å²) in [6.45, 7) is 11.1. The Bertz CT molecular complexity index is 878. The normalized spacial score (nSPS) is 17.4. The Morgan fingerprint density at radius 2 is 1.42 bits per heavy atom. The van der Waals surface area contributed by atoms with E-state index in [9.17, 15) is 4.79 Å². The number of rotatable bonds is 25. The number of halogens is 1. The molecule has 2 heterocycles. The van der Waals surface area contributed by atoms with Gasteiger partial charge in [0.1, 0.15) is 12.2 Å². The van der Waals surface area contributed by atoms with E-state index in [-0.39, 0.29) is 36.2 Å². The van der Waals surface area contributed by atoms with Gasteiger partial charge in [-0.05, 0) is 18.8 Å². The molecule has 0 saturated carbocycles. The minimum Gasteiger partial charge on any atom is -1.00 e. The number of unbranched alkanes of at least 4 members (excludes halogenated alkanes) is 15. The van der Waals surface area contributed by atoms with E-state index in [0.29, 0.717) is 29.3 Å². The molecule has 0 spiro atoms. The van der Waals surface area contributed by atoms with Gasteiger partial charge in [0.2, 0.25) is 6.23 Å². The van der Waals surface area contributed by atoms with E-state index in [4.69, 9.17) is 9.47 Å². The topological polar surface area (TPSA) is 61.3 Å². The first kappa shape index (κ1) is 40.3. The highest BCUT2D eigenvalue weighted by Gasteiger charge is 2.39. The zero-order chi connectivity index (χ0) is 30.5. The summed E-state index contributed by atoms with van der Waals surface area (Å²) < 4.78 is 22.1. The molecule has 1 aliphatic heterocycles. The lowest BCUT2D eigenvalue weighted by atomic mass is 10.0. The van der Waals surface area contributed by atoms with E-state index < -0.39 is 0 Å². The average molecular weight is 734 g/mol. The second kappa shape index (κ2) is 24.5. The van der Waals surface area contributed by atoms with E-state index in [1.807, 2.05) is 0 Å². The second-order valence-corrected chi connectivity index (χ2v) is 13.8. The van der Waals surface area contributed by atoms with Crippen LogP contribution in [0.25, 0.3) is 5.57 Å². The van der Waals surface area contributed by atoms with Crippen LogP contribution < -0.4 is 28.7 Å². The Labute approximate surface area is 286 Å². The molecule has 43 heavy (non-hydrogen) atoms. The van der Waals surface area contributed by atoms with Crippen LogP contribution in [0.5, 0.6) is 5.88 Å². The van der Waals surface area contributed by atoms with Gasteiger partial charge >= 0.3 is 5.97 Å². The predicted molar refractivity (Wildman–Crippen MR) is 178 cm³/mol. The van der Waals surface area contributed by atoms with Crippen LogP contribution in [-0.2, 0) is 9.53 Å². The second-order valence-electron chi connectivity index (χ2n) is 13.3. The Morgan fingerprint density at radius 3 is 2.00 bits per heavy atom. The van der Waals surface area contributed by atoms with Crippen LogP contribution in [0.15, 0.2) is 6.08 Å². The molecule has 0 amide bonds. The SMILES string of the molecule is CCCCCCCCCCCCCCCC(OC(=O)CC(C)C)[N+]1(C)CCC=C(c2nsnc2OCCCCCC)C1.[I-]. The fourth-order valence-electron chi connectivity index (χ4n) is 6.02. The first-order chi connectivity index (χ1) is 20.4. The molecule has 0 radical (unpaired) electrons. The summed E-state index contributed by atoms with van der Waals surface area (Å²) in [5, 5.41) is 0. The summed E-state index contributed by atoms with van der Waals surface area (Å²) in [6, 6.07) is 0. The highest BCUT2D eigenvalue weighted by atomic mass is 127. The lowest BCUT2D eigenvalue weighted by Crippen LogP contribution is -3.00. The molecule has 1 aliphatic rings. The molecule has 2 rings (SSSR count). The third-order valence-corrected chi connectivity index (χ3v) is 9.17. The highest BCUT2D eigenvalue weighted by molar-refractivity contribution is 6.99. The van der Waals surface area contributed by atoms with Gasteiger partial charge in [-0.3, -0.25) is 9.28 Å². The lowest BCUT2D eigenvalue weighted by Gasteiger charge is -2.43. The van der Waals surface area contributed by atoms with Crippen molar-refractivity contribution in [3.63, 3.8) is 0 Å². The molecular formula is C35H64IN3O3S. The molecule has 8 heteroatoms. The number of carbonyl (C=O) groups excluding carboxylic acids is 1. The van der Waals surface area contributed by atoms with Crippen molar-refractivity contribution in [3.8, 4) is 5.88 Å². The Hall–Kier alpha value is -0.740. The molecule has 1 aromatic heterocycles. The number of quaternary nitrogens is 1. The standard InChI is InChI=1S/C35H64N3O3S.HI/c1-6-8-10-12-13-14-15-16-17-18-19-20-21-25-32(41-33(39)28-30(3)4)38(5)26-23-24-31(29-38)34-35(37-42-36-34)40-27-22-11-9-7-2;/h24,30,32H,6-23,25-29H2,1-5H3;1H/q+1;/p-1. The van der Waals surface area contributed by atoms with E-state index in [0.717, 1.165) is 44.5 Å². The molecule has 0 bridgehead atoms. The molecule has 0 aliphatic carbocycles. The van der Waals surface area contributed by atoms with Gasteiger partial charge in [-0.15, -0.1) is 4.37 Å². The van der Waals surface area contributed by atoms with E-state index in [2.05, 4.69) is 49.6 Å². The molecular weight excluding hydrogens is 669 g/mol. The lowest BCUT2D eigenvalue weighted by molar-refractivity contribution is -0.947. The van der Waals surface area contributed by atoms with Crippen molar-refractivity contribution < 1.29 is 42.7 Å². The maximum Gasteiger partial charge on any atom is 0.310 e. The number of likely N-dealkylation sites (N-methyl/N-ethyl adjacent to an activating group) is 1. The molecule has 0 saturated heterocycles. The molecule has 2 unspecified atom stereocenters. The van der Waals surface area contributed by atoms with Crippen molar-refractivity contribution in [1.29, 1.82) is 0 Å². The fraction of sp³-hybridized carbons (Fsp3) is 0.857. The summed E-state index contributed by atoms with van der Waals surface area (Å²) in [5.74, 6) is 0.905. The van der Waals surface area contributed by atoms with Crippen molar-refractivity contribution in [1.82, 2.24) is 8.75 Å². The van der Waals surface area contributed by atoms with Gasteiger partial charge in [0.25, 0.3) is 5.88 Å². The highest BCUT2D eigenvalue weighted by Crippen LogP contribution is 2.33. The van der Waals surface area contributed by atoms with Crippen LogP contribution in [0, 0.1) is 5.92 Å². The summed E-state index contributed by atoms with van der Waals surface area (Å²) >= 11 is 1.23. The van der Waals surface area contributed by atoms with Crippen LogP contribution in [0.2, 0.25) is 0 Å². The van der Waals surface area contributed by atoms with Gasteiger partial charge in [-0.2, -0.15) is 4.37 Å². The third kappa shape index (κ3) is 16.9. The quantitative estimate of drug-likeness (QED) is 0.0464. The number of hydrogen-bond acceptors (Lipinski definition) is 6. The van der Waals surface area contributed by atoms with Gasteiger partial charge in [0.05, 0.1) is 31.9 Å². The van der Waals surface area contributed by atoms with Gasteiger partial charge in [0, 0.05) is 24.8 Å². The number of esters is 1. The zero-order valence-electron chi connectivity index (χ0n) is 28.3. The minimum absolute atomic E-state index is 0. The summed E-state index contributed by atoms with van der Waals surface area (Å²) in [6.07, 6.45) is 26.6. The Balaban J connectivity index is 0.00000924. The average Bonchev–Trinajstić information content (AvgIpc) is 3.43. The van der Waals surface area contributed by atoms with Crippen LogP contribution in [0.3, 0.4) is 0 Å². The van der Waals surface area contributed by atoms with Gasteiger partial charge < -0.3 is 33.5 Å². The number of ether oxygens (including phenoxy) is 2. The largest absolute Gasteiger partial charge is 1.00 e. The van der Waals surface area contributed by atoms with Crippen molar-refractivity contribution in [3.05, 3.63) is 11.8 Å². The number of aromatic nitrogens is 2. The van der Waals surface area contributed by atoms with Crippen molar-refractivity contribution in [2.45, 2.75) is 162 Å². The monoisotopic (exact) mass is 733 g/mol. The summed E-state index contributed by atoms with van der Waals surface area (Å²) in [7, 11) is 2.26. The smallest absolute Gasteiger partial charge is 0.310 e. The maximum absolute atomic E-state index is 12.9. The molecule has 0 aromatic carbocycles. The van der Waals surface area contributed by atoms with Crippen LogP contribution in [-0.4, -0.2) is 52.2 Å². The summed E-state index contributed by atoms with van der Waals surface area (Å²) in [4.78, 5) is 12.9. The van der Waals surface area contributed by atoms with Crippen LogP contribution >= 0.6 is 11.7 Å². The number of nitrogens with zero attached hydrogens (tertiary/aromatic N) is 3. The Morgan fingerprint density at radius 1 is 0.860 bits per heavy atom. The molecule has 6 nitrogen and oxygen atoms in total. The first-order valence-electron chi connectivity index (χ1n) is 17.6. The molecule has 2 atom stereocenters. The summed E-state index contributed by atoms with van der Waals surface area (Å²) in [5.41, 5.74) is 2.06. The van der Waals surface area contributed by atoms with Crippen LogP contribution in [0.4, 0.5) is 0 Å². The molecule has 0 N–H and O–H groups in total. The number of hydrogen-bond donors (Lipinski definition) is 0. The van der Waals surface area contributed by atoms with E-state index in [1.54, 1.807) is 0 Å². The first-order valence-corrected chi connectivity index (χ1v) is 18.3. The fourth-order valence-corrected chi connectivity index (χ4v) is 6.55. The van der Waals surface area contributed by atoms with Gasteiger partial charge in [0.15, 0.2) is 0 Å². The minimum atomic E-state index is -0.127. The molecule has 0 fully saturated rings. The van der Waals surface area contributed by atoms with Gasteiger partial charge in [-0.25, -0.2) is 0 Å². The maximum atomic E-state index is 12.9. The third-order valence-electron chi connectivity index (χ3n) is 8.65.